The number of rotatable bonds is 2. The van der Waals surface area contributed by atoms with E-state index in [9.17, 15) is 4.79 Å². The molecule has 20 heavy (non-hydrogen) atoms. The molecular formula is C18H25NO. The predicted octanol–water partition coefficient (Wildman–Crippen LogP) is 4.08. The van der Waals surface area contributed by atoms with Crippen LogP contribution in [-0.2, 0) is 13.0 Å². The van der Waals surface area contributed by atoms with Crippen LogP contribution in [0.1, 0.15) is 62.0 Å². The lowest BCUT2D eigenvalue weighted by molar-refractivity contribution is 0.0909. The molecule has 3 unspecified atom stereocenters. The average molecular weight is 271 g/mol. The Morgan fingerprint density at radius 1 is 1.25 bits per heavy atom. The van der Waals surface area contributed by atoms with Crippen LogP contribution in [0.25, 0.3) is 0 Å². The zero-order valence-corrected chi connectivity index (χ0v) is 12.7. The van der Waals surface area contributed by atoms with Crippen molar-refractivity contribution in [2.24, 2.45) is 23.2 Å². The van der Waals surface area contributed by atoms with E-state index in [-0.39, 0.29) is 5.41 Å². The van der Waals surface area contributed by atoms with Crippen LogP contribution >= 0.6 is 0 Å². The molecule has 3 aliphatic carbocycles. The Morgan fingerprint density at radius 3 is 2.80 bits per heavy atom. The molecule has 3 atom stereocenters. The molecule has 1 heterocycles. The number of nitrogens with zero attached hydrogens (tertiary/aromatic N) is 1. The van der Waals surface area contributed by atoms with Crippen LogP contribution < -0.4 is 0 Å². The predicted molar refractivity (Wildman–Crippen MR) is 79.8 cm³/mol. The summed E-state index contributed by atoms with van der Waals surface area (Å²) in [5.74, 6) is 3.19. The van der Waals surface area contributed by atoms with Crippen LogP contribution in [0, 0.1) is 23.2 Å². The number of carbonyl (C=O) groups excluding carboxylic acids is 1. The third-order valence-electron chi connectivity index (χ3n) is 5.98. The van der Waals surface area contributed by atoms with Gasteiger partial charge in [0.2, 0.25) is 0 Å². The molecule has 0 aliphatic heterocycles. The number of fused-ring (bicyclic) bond motifs is 3. The summed E-state index contributed by atoms with van der Waals surface area (Å²) in [4.78, 5) is 12.3. The molecule has 4 rings (SSSR count). The molecule has 0 spiro atoms. The van der Waals surface area contributed by atoms with Gasteiger partial charge in [-0.05, 0) is 54.9 Å². The van der Waals surface area contributed by atoms with Gasteiger partial charge >= 0.3 is 0 Å². The summed E-state index contributed by atoms with van der Waals surface area (Å²) in [5.41, 5.74) is 2.45. The van der Waals surface area contributed by atoms with E-state index in [1.165, 1.54) is 31.4 Å². The molecule has 0 saturated heterocycles. The fourth-order valence-electron chi connectivity index (χ4n) is 5.03. The van der Waals surface area contributed by atoms with Crippen molar-refractivity contribution in [1.82, 2.24) is 4.57 Å². The summed E-state index contributed by atoms with van der Waals surface area (Å²) >= 11 is 0. The van der Waals surface area contributed by atoms with Crippen LogP contribution in [-0.4, -0.2) is 10.4 Å². The molecule has 3 aliphatic rings. The molecule has 0 radical (unpaired) electrons. The van der Waals surface area contributed by atoms with Crippen molar-refractivity contribution in [3.8, 4) is 0 Å². The molecular weight excluding hydrogens is 246 g/mol. The molecule has 0 amide bonds. The largest absolute Gasteiger partial charge is 0.350 e. The van der Waals surface area contributed by atoms with E-state index in [0.717, 1.165) is 36.3 Å². The first-order valence-electron chi connectivity index (χ1n) is 8.23. The second-order valence-electron chi connectivity index (χ2n) is 8.20. The topological polar surface area (TPSA) is 22.0 Å². The van der Waals surface area contributed by atoms with Gasteiger partial charge in [-0.2, -0.15) is 0 Å². The first kappa shape index (κ1) is 12.7. The summed E-state index contributed by atoms with van der Waals surface area (Å²) in [6.07, 6.45) is 9.75. The molecule has 2 heteroatoms. The SMILES string of the molecule is CC1(C)CC(=O)c2ccn(CC3CC4CCC3C4)c2C1. The Morgan fingerprint density at radius 2 is 2.10 bits per heavy atom. The Kier molecular flexibility index (Phi) is 2.68. The van der Waals surface area contributed by atoms with Gasteiger partial charge < -0.3 is 4.57 Å². The normalized spacial score (nSPS) is 34.5. The Bertz CT molecular complexity index is 554. The highest BCUT2D eigenvalue weighted by atomic mass is 16.1. The summed E-state index contributed by atoms with van der Waals surface area (Å²) in [5, 5.41) is 0. The maximum atomic E-state index is 12.3. The van der Waals surface area contributed by atoms with Gasteiger partial charge in [0.1, 0.15) is 0 Å². The van der Waals surface area contributed by atoms with Crippen LogP contribution in [0.2, 0.25) is 0 Å². The summed E-state index contributed by atoms with van der Waals surface area (Å²) < 4.78 is 2.42. The molecule has 2 nitrogen and oxygen atoms in total. The van der Waals surface area contributed by atoms with Gasteiger partial charge in [0.25, 0.3) is 0 Å². The molecule has 0 aromatic carbocycles. The first-order valence-corrected chi connectivity index (χ1v) is 8.23. The van der Waals surface area contributed by atoms with Gasteiger partial charge in [0, 0.05) is 30.4 Å². The van der Waals surface area contributed by atoms with Gasteiger partial charge in [0.05, 0.1) is 0 Å². The third-order valence-corrected chi connectivity index (χ3v) is 5.98. The Hall–Kier alpha value is -1.05. The molecule has 0 N–H and O–H groups in total. The first-order chi connectivity index (χ1) is 9.52. The highest BCUT2D eigenvalue weighted by Gasteiger charge is 2.40. The van der Waals surface area contributed by atoms with Crippen molar-refractivity contribution < 1.29 is 4.79 Å². The van der Waals surface area contributed by atoms with E-state index in [0.29, 0.717) is 12.2 Å². The van der Waals surface area contributed by atoms with Crippen molar-refractivity contribution in [3.63, 3.8) is 0 Å². The molecule has 2 saturated carbocycles. The molecule has 2 fully saturated rings. The summed E-state index contributed by atoms with van der Waals surface area (Å²) in [6.45, 7) is 5.60. The van der Waals surface area contributed by atoms with E-state index < -0.39 is 0 Å². The van der Waals surface area contributed by atoms with Gasteiger partial charge in [-0.15, -0.1) is 0 Å². The van der Waals surface area contributed by atoms with Crippen LogP contribution in [0.15, 0.2) is 12.3 Å². The summed E-state index contributed by atoms with van der Waals surface area (Å²) in [7, 11) is 0. The number of Topliss-reactive ketones (excluding diaryl/α,β-unsaturated/α-hetero) is 1. The molecule has 1 aromatic heterocycles. The van der Waals surface area contributed by atoms with Crippen molar-refractivity contribution in [2.75, 3.05) is 0 Å². The summed E-state index contributed by atoms with van der Waals surface area (Å²) in [6, 6.07) is 2.07. The van der Waals surface area contributed by atoms with E-state index >= 15 is 0 Å². The lowest BCUT2D eigenvalue weighted by Crippen LogP contribution is -2.29. The number of aromatic nitrogens is 1. The molecule has 2 bridgehead atoms. The van der Waals surface area contributed by atoms with Gasteiger partial charge in [-0.25, -0.2) is 0 Å². The quantitative estimate of drug-likeness (QED) is 0.794. The minimum Gasteiger partial charge on any atom is -0.350 e. The van der Waals surface area contributed by atoms with E-state index in [1.54, 1.807) is 0 Å². The second kappa shape index (κ2) is 4.22. The van der Waals surface area contributed by atoms with Crippen LogP contribution in [0.5, 0.6) is 0 Å². The fraction of sp³-hybridized carbons (Fsp3) is 0.722. The average Bonchev–Trinajstić information content (AvgIpc) is 3.04. The van der Waals surface area contributed by atoms with E-state index in [1.807, 2.05) is 0 Å². The zero-order valence-electron chi connectivity index (χ0n) is 12.7. The third kappa shape index (κ3) is 1.96. The lowest BCUT2D eigenvalue weighted by atomic mass is 9.76. The maximum Gasteiger partial charge on any atom is 0.165 e. The smallest absolute Gasteiger partial charge is 0.165 e. The number of hydrogen-bond acceptors (Lipinski definition) is 1. The highest BCUT2D eigenvalue weighted by molar-refractivity contribution is 5.98. The zero-order chi connectivity index (χ0) is 13.9. The van der Waals surface area contributed by atoms with E-state index in [4.69, 9.17) is 0 Å². The Labute approximate surface area is 121 Å². The highest BCUT2D eigenvalue weighted by Crippen LogP contribution is 2.49. The van der Waals surface area contributed by atoms with Gasteiger partial charge in [-0.1, -0.05) is 20.3 Å². The maximum absolute atomic E-state index is 12.3. The van der Waals surface area contributed by atoms with Crippen molar-refractivity contribution in [1.29, 1.82) is 0 Å². The molecule has 1 aromatic rings. The fourth-order valence-corrected chi connectivity index (χ4v) is 5.03. The van der Waals surface area contributed by atoms with Crippen LogP contribution in [0.3, 0.4) is 0 Å². The minimum absolute atomic E-state index is 0.134. The Balaban J connectivity index is 1.60. The number of carbonyl (C=O) groups is 1. The van der Waals surface area contributed by atoms with Crippen molar-refractivity contribution in [3.05, 3.63) is 23.5 Å². The number of hydrogen-bond donors (Lipinski definition) is 0. The van der Waals surface area contributed by atoms with Gasteiger partial charge in [0.15, 0.2) is 5.78 Å². The number of ketones is 1. The second-order valence-corrected chi connectivity index (χ2v) is 8.20. The van der Waals surface area contributed by atoms with Crippen molar-refractivity contribution >= 4 is 5.78 Å². The standard InChI is InChI=1S/C18H25NO/c1-18(2)9-16-15(17(20)10-18)5-6-19(16)11-14-8-12-3-4-13(14)7-12/h5-6,12-14H,3-4,7-11H2,1-2H3. The lowest BCUT2D eigenvalue weighted by Gasteiger charge is -2.31. The minimum atomic E-state index is 0.134. The van der Waals surface area contributed by atoms with Crippen molar-refractivity contribution in [2.45, 2.75) is 58.9 Å². The van der Waals surface area contributed by atoms with E-state index in [2.05, 4.69) is 30.7 Å². The monoisotopic (exact) mass is 271 g/mol. The van der Waals surface area contributed by atoms with Gasteiger partial charge in [-0.3, -0.25) is 4.79 Å². The van der Waals surface area contributed by atoms with Crippen LogP contribution in [0.4, 0.5) is 0 Å². The molecule has 108 valence electrons.